The molecule has 2 rings (SSSR count). The zero-order valence-corrected chi connectivity index (χ0v) is 18.1. The van der Waals surface area contributed by atoms with E-state index in [1.54, 1.807) is 0 Å². The minimum absolute atomic E-state index is 0.262. The number of carbonyl (C=O) groups excluding carboxylic acids is 2. The van der Waals surface area contributed by atoms with Crippen molar-refractivity contribution in [3.63, 3.8) is 0 Å². The normalized spacial score (nSPS) is 17.2. The topological polar surface area (TPSA) is 73.9 Å². The van der Waals surface area contributed by atoms with E-state index in [4.69, 9.17) is 14.2 Å². The van der Waals surface area contributed by atoms with Gasteiger partial charge in [-0.2, -0.15) is 0 Å². The van der Waals surface area contributed by atoms with Crippen molar-refractivity contribution in [3.8, 4) is 0 Å². The second kappa shape index (κ2) is 11.2. The smallest absolute Gasteiger partial charge is 0.407 e. The molecule has 0 aliphatic heterocycles. The summed E-state index contributed by atoms with van der Waals surface area (Å²) < 4.78 is 16.4. The van der Waals surface area contributed by atoms with Gasteiger partial charge in [0.15, 0.2) is 6.10 Å². The maximum Gasteiger partial charge on any atom is 0.407 e. The Labute approximate surface area is 174 Å². The van der Waals surface area contributed by atoms with Crippen molar-refractivity contribution in [1.82, 2.24) is 5.32 Å². The number of esters is 1. The number of ether oxygens (including phenoxy) is 3. The van der Waals surface area contributed by atoms with Gasteiger partial charge in [-0.15, -0.1) is 0 Å². The lowest BCUT2D eigenvalue weighted by molar-refractivity contribution is -0.157. The monoisotopic (exact) mass is 405 g/mol. The molecule has 162 valence electrons. The van der Waals surface area contributed by atoms with Crippen LogP contribution in [0.2, 0.25) is 0 Å². The second-order valence-corrected chi connectivity index (χ2v) is 8.73. The van der Waals surface area contributed by atoms with Crippen LogP contribution in [0.1, 0.15) is 64.9 Å². The number of alkyl carbamates (subject to hydrolysis) is 1. The summed E-state index contributed by atoms with van der Waals surface area (Å²) >= 11 is 0. The fraction of sp³-hybridized carbons (Fsp3) is 0.652. The molecule has 1 aliphatic rings. The highest BCUT2D eigenvalue weighted by Crippen LogP contribution is 2.29. The Hall–Kier alpha value is -2.08. The number of hydrogen-bond acceptors (Lipinski definition) is 5. The van der Waals surface area contributed by atoms with Gasteiger partial charge in [0.1, 0.15) is 5.60 Å². The Bertz CT molecular complexity index is 634. The molecule has 1 aromatic rings. The highest BCUT2D eigenvalue weighted by atomic mass is 16.6. The van der Waals surface area contributed by atoms with E-state index >= 15 is 0 Å². The summed E-state index contributed by atoms with van der Waals surface area (Å²) in [5.41, 5.74) is 0.334. The predicted molar refractivity (Wildman–Crippen MR) is 111 cm³/mol. The van der Waals surface area contributed by atoms with E-state index in [1.165, 1.54) is 26.4 Å². The van der Waals surface area contributed by atoms with Gasteiger partial charge in [-0.1, -0.05) is 62.4 Å². The average Bonchev–Trinajstić information content (AvgIpc) is 2.68. The van der Waals surface area contributed by atoms with Crippen LogP contribution in [-0.2, 0) is 25.6 Å². The quantitative estimate of drug-likeness (QED) is 0.640. The van der Waals surface area contributed by atoms with Crippen molar-refractivity contribution in [2.45, 2.75) is 83.6 Å². The van der Waals surface area contributed by atoms with Gasteiger partial charge in [0.25, 0.3) is 0 Å². The Morgan fingerprint density at radius 2 is 1.76 bits per heavy atom. The highest BCUT2D eigenvalue weighted by Gasteiger charge is 2.35. The number of hydrogen-bond donors (Lipinski definition) is 1. The molecule has 1 aliphatic carbocycles. The van der Waals surface area contributed by atoms with Crippen molar-refractivity contribution in [2.24, 2.45) is 5.92 Å². The number of benzene rings is 1. The van der Waals surface area contributed by atoms with Crippen molar-refractivity contribution in [3.05, 3.63) is 35.9 Å². The minimum Gasteiger partial charge on any atom is -0.467 e. The standard InChI is InChI=1S/C23H35NO5/c1-23(2,3)29-22(26)24-19(15-17-11-7-5-8-12-17)20(21(25)27-4)28-16-18-13-9-6-10-14-18/h6,9-10,13-14,17,19-20H,5,7-8,11-12,15-16H2,1-4H3,(H,24,26)/t19-,20+/m1/s1. The lowest BCUT2D eigenvalue weighted by Gasteiger charge is -2.32. The van der Waals surface area contributed by atoms with Gasteiger partial charge in [-0.3, -0.25) is 0 Å². The van der Waals surface area contributed by atoms with Crippen LogP contribution in [0.15, 0.2) is 30.3 Å². The van der Waals surface area contributed by atoms with Gasteiger partial charge in [0, 0.05) is 0 Å². The Morgan fingerprint density at radius 3 is 2.34 bits per heavy atom. The largest absolute Gasteiger partial charge is 0.467 e. The number of rotatable bonds is 8. The molecular formula is C23H35NO5. The van der Waals surface area contributed by atoms with E-state index in [0.29, 0.717) is 12.3 Å². The molecule has 6 heteroatoms. The second-order valence-electron chi connectivity index (χ2n) is 8.73. The van der Waals surface area contributed by atoms with Gasteiger partial charge in [0.2, 0.25) is 0 Å². The summed E-state index contributed by atoms with van der Waals surface area (Å²) in [5, 5.41) is 2.89. The van der Waals surface area contributed by atoms with E-state index in [-0.39, 0.29) is 6.61 Å². The molecule has 0 spiro atoms. The Kier molecular flexibility index (Phi) is 8.96. The van der Waals surface area contributed by atoms with E-state index in [1.807, 2.05) is 51.1 Å². The van der Waals surface area contributed by atoms with E-state index in [0.717, 1.165) is 18.4 Å². The van der Waals surface area contributed by atoms with Crippen molar-refractivity contribution < 1.29 is 23.8 Å². The third kappa shape index (κ3) is 8.44. The van der Waals surface area contributed by atoms with Crippen molar-refractivity contribution in [2.75, 3.05) is 7.11 Å². The Balaban J connectivity index is 2.14. The van der Waals surface area contributed by atoms with Gasteiger partial charge in [-0.05, 0) is 38.7 Å². The third-order valence-corrected chi connectivity index (χ3v) is 5.09. The van der Waals surface area contributed by atoms with Gasteiger partial charge < -0.3 is 19.5 Å². The lowest BCUT2D eigenvalue weighted by Crippen LogP contribution is -2.50. The molecule has 29 heavy (non-hydrogen) atoms. The van der Waals surface area contributed by atoms with E-state index in [9.17, 15) is 9.59 Å². The number of methoxy groups -OCH3 is 1. The molecular weight excluding hydrogens is 370 g/mol. The van der Waals surface area contributed by atoms with Crippen molar-refractivity contribution >= 4 is 12.1 Å². The molecule has 0 unspecified atom stereocenters. The lowest BCUT2D eigenvalue weighted by atomic mass is 9.83. The SMILES string of the molecule is COC(=O)[C@@H](OCc1ccccc1)[C@@H](CC1CCCCC1)NC(=O)OC(C)(C)C. The minimum atomic E-state index is -0.894. The van der Waals surface area contributed by atoms with Crippen LogP contribution in [0, 0.1) is 5.92 Å². The maximum absolute atomic E-state index is 12.5. The summed E-state index contributed by atoms with van der Waals surface area (Å²) in [5.74, 6) is -0.0473. The molecule has 0 bridgehead atoms. The molecule has 0 aromatic heterocycles. The summed E-state index contributed by atoms with van der Waals surface area (Å²) in [4.78, 5) is 25.0. The van der Waals surface area contributed by atoms with Crippen LogP contribution < -0.4 is 5.32 Å². The average molecular weight is 406 g/mol. The zero-order chi connectivity index (χ0) is 21.3. The first-order valence-corrected chi connectivity index (χ1v) is 10.5. The molecule has 1 aromatic carbocycles. The number of amides is 1. The fourth-order valence-corrected chi connectivity index (χ4v) is 3.72. The van der Waals surface area contributed by atoms with Gasteiger partial charge >= 0.3 is 12.1 Å². The first kappa shape index (κ1) is 23.2. The van der Waals surface area contributed by atoms with Crippen LogP contribution in [-0.4, -0.2) is 36.9 Å². The summed E-state index contributed by atoms with van der Waals surface area (Å²) in [6, 6.07) is 9.13. The molecule has 6 nitrogen and oxygen atoms in total. The Morgan fingerprint density at radius 1 is 1.10 bits per heavy atom. The van der Waals surface area contributed by atoms with E-state index in [2.05, 4.69) is 5.32 Å². The van der Waals surface area contributed by atoms with Crippen LogP contribution in [0.4, 0.5) is 4.79 Å². The number of carbonyl (C=O) groups is 2. The molecule has 0 heterocycles. The number of nitrogens with one attached hydrogen (secondary N) is 1. The first-order valence-electron chi connectivity index (χ1n) is 10.5. The molecule has 1 N–H and O–H groups in total. The first-order chi connectivity index (χ1) is 13.8. The molecule has 1 amide bonds. The van der Waals surface area contributed by atoms with Crippen LogP contribution in [0.5, 0.6) is 0 Å². The summed E-state index contributed by atoms with van der Waals surface area (Å²) in [7, 11) is 1.34. The summed E-state index contributed by atoms with van der Waals surface area (Å²) in [6.07, 6.45) is 5.01. The predicted octanol–water partition coefficient (Wildman–Crippen LogP) is 4.61. The van der Waals surface area contributed by atoms with Crippen LogP contribution in [0.3, 0.4) is 0 Å². The molecule has 0 saturated heterocycles. The zero-order valence-electron chi connectivity index (χ0n) is 18.1. The molecule has 0 radical (unpaired) electrons. The highest BCUT2D eigenvalue weighted by molar-refractivity contribution is 5.77. The fourth-order valence-electron chi connectivity index (χ4n) is 3.72. The summed E-state index contributed by atoms with van der Waals surface area (Å²) in [6.45, 7) is 5.70. The van der Waals surface area contributed by atoms with Crippen LogP contribution in [0.25, 0.3) is 0 Å². The van der Waals surface area contributed by atoms with Gasteiger partial charge in [-0.25, -0.2) is 9.59 Å². The molecule has 2 atom stereocenters. The molecule has 1 saturated carbocycles. The maximum atomic E-state index is 12.5. The third-order valence-electron chi connectivity index (χ3n) is 5.09. The van der Waals surface area contributed by atoms with Crippen LogP contribution >= 0.6 is 0 Å². The molecule has 1 fully saturated rings. The van der Waals surface area contributed by atoms with Crippen molar-refractivity contribution in [1.29, 1.82) is 0 Å². The van der Waals surface area contributed by atoms with Gasteiger partial charge in [0.05, 0.1) is 19.8 Å². The van der Waals surface area contributed by atoms with E-state index < -0.39 is 29.8 Å².